The number of fused-ring (bicyclic) bond motifs is 7. The molecule has 0 radical (unpaired) electrons. The average Bonchev–Trinajstić information content (AvgIpc) is 3.44. The van der Waals surface area contributed by atoms with Crippen LogP contribution in [-0.4, -0.2) is 22.5 Å². The van der Waals surface area contributed by atoms with Crippen molar-refractivity contribution in [3.05, 3.63) is 23.3 Å². The first-order valence-electron chi connectivity index (χ1n) is 13.2. The van der Waals surface area contributed by atoms with Crippen molar-refractivity contribution in [1.82, 2.24) is 5.32 Å². The minimum absolute atomic E-state index is 0.102. The Kier molecular flexibility index (Phi) is 4.57. The zero-order valence-electron chi connectivity index (χ0n) is 19.8. The SMILES string of the molecule is C[C@]12CC[C@H]3[C@@H](CC=C4C=C(C(=O)O)CC[C@@]43C)[C@@H]1CC[C@@H]2C(=O)NC12CCC(CC1)C2. The maximum Gasteiger partial charge on any atom is 0.331 e. The summed E-state index contributed by atoms with van der Waals surface area (Å²) < 4.78 is 0. The molecule has 6 rings (SSSR count). The Balaban J connectivity index is 1.23. The molecule has 0 heterocycles. The van der Waals surface area contributed by atoms with E-state index in [-0.39, 0.29) is 22.3 Å². The minimum atomic E-state index is -0.758. The predicted molar refractivity (Wildman–Crippen MR) is 124 cm³/mol. The lowest BCUT2D eigenvalue weighted by atomic mass is 9.48. The highest BCUT2D eigenvalue weighted by Gasteiger charge is 2.60. The first kappa shape index (κ1) is 21.0. The third-order valence-electron chi connectivity index (χ3n) is 11.5. The standard InChI is InChI=1S/C28H39NO3/c1-26-11-9-18(25(31)32)15-19(26)3-4-20-21-5-6-23(27(21,2)12-10-22(20)26)24(30)29-28-13-7-17(16-28)8-14-28/h3,15,17,20-23H,4-14,16H2,1-2H3,(H,29,30)(H,31,32)/t17?,20-,21-,22-,23+,26-,27-,28?/m0/s1. The molecule has 0 saturated heterocycles. The van der Waals surface area contributed by atoms with Gasteiger partial charge in [-0.25, -0.2) is 4.79 Å². The number of hydrogen-bond acceptors (Lipinski definition) is 2. The second-order valence-corrected chi connectivity index (χ2v) is 12.8. The summed E-state index contributed by atoms with van der Waals surface area (Å²) >= 11 is 0. The van der Waals surface area contributed by atoms with Gasteiger partial charge >= 0.3 is 5.97 Å². The average molecular weight is 438 g/mol. The molecule has 6 atom stereocenters. The molecule has 1 amide bonds. The maximum absolute atomic E-state index is 13.6. The van der Waals surface area contributed by atoms with Crippen LogP contribution in [0.5, 0.6) is 0 Å². The van der Waals surface area contributed by atoms with Crippen LogP contribution < -0.4 is 5.32 Å². The Bertz CT molecular complexity index is 910. The first-order chi connectivity index (χ1) is 15.2. The highest BCUT2D eigenvalue weighted by atomic mass is 16.4. The molecule has 0 aromatic rings. The molecule has 32 heavy (non-hydrogen) atoms. The molecule has 4 heteroatoms. The smallest absolute Gasteiger partial charge is 0.331 e. The van der Waals surface area contributed by atoms with E-state index in [0.717, 1.165) is 31.6 Å². The van der Waals surface area contributed by atoms with Crippen LogP contribution in [0.25, 0.3) is 0 Å². The van der Waals surface area contributed by atoms with Gasteiger partial charge in [-0.1, -0.05) is 19.9 Å². The molecule has 2 bridgehead atoms. The second-order valence-electron chi connectivity index (χ2n) is 12.8. The Hall–Kier alpha value is -1.58. The van der Waals surface area contributed by atoms with Crippen molar-refractivity contribution in [3.63, 3.8) is 0 Å². The molecule has 6 aliphatic carbocycles. The van der Waals surface area contributed by atoms with E-state index in [1.54, 1.807) is 0 Å². The number of amides is 1. The normalized spacial score (nSPS) is 48.9. The fourth-order valence-corrected chi connectivity index (χ4v) is 9.64. The van der Waals surface area contributed by atoms with Crippen LogP contribution >= 0.6 is 0 Å². The topological polar surface area (TPSA) is 66.4 Å². The molecule has 0 aromatic heterocycles. The number of allylic oxidation sites excluding steroid dienone is 3. The first-order valence-corrected chi connectivity index (χ1v) is 13.2. The van der Waals surface area contributed by atoms with E-state index < -0.39 is 5.97 Å². The summed E-state index contributed by atoms with van der Waals surface area (Å²) in [7, 11) is 0. The molecule has 4 saturated carbocycles. The van der Waals surface area contributed by atoms with Crippen molar-refractivity contribution < 1.29 is 14.7 Å². The van der Waals surface area contributed by atoms with Crippen LogP contribution in [0, 0.1) is 40.4 Å². The zero-order chi connectivity index (χ0) is 22.3. The van der Waals surface area contributed by atoms with Crippen molar-refractivity contribution in [3.8, 4) is 0 Å². The predicted octanol–water partition coefficient (Wildman–Crippen LogP) is 5.64. The number of carboxylic acids is 1. The van der Waals surface area contributed by atoms with Crippen LogP contribution in [0.3, 0.4) is 0 Å². The van der Waals surface area contributed by atoms with E-state index in [0.29, 0.717) is 35.7 Å². The largest absolute Gasteiger partial charge is 0.478 e. The lowest BCUT2D eigenvalue weighted by Gasteiger charge is -2.57. The quantitative estimate of drug-likeness (QED) is 0.601. The Labute approximate surface area is 192 Å². The fourth-order valence-electron chi connectivity index (χ4n) is 9.64. The molecule has 174 valence electrons. The van der Waals surface area contributed by atoms with Gasteiger partial charge in [0.25, 0.3) is 0 Å². The van der Waals surface area contributed by atoms with Gasteiger partial charge in [0.15, 0.2) is 0 Å². The molecule has 6 aliphatic rings. The summed E-state index contributed by atoms with van der Waals surface area (Å²) in [6.45, 7) is 4.82. The number of hydrogen-bond donors (Lipinski definition) is 2. The van der Waals surface area contributed by atoms with Crippen LogP contribution in [0.1, 0.15) is 90.9 Å². The van der Waals surface area contributed by atoms with Crippen LogP contribution in [0.2, 0.25) is 0 Å². The van der Waals surface area contributed by atoms with Crippen molar-refractivity contribution in [2.75, 3.05) is 0 Å². The number of aliphatic carboxylic acids is 1. The zero-order valence-corrected chi connectivity index (χ0v) is 19.8. The number of carbonyl (C=O) groups excluding carboxylic acids is 1. The number of carboxylic acid groups (broad SMARTS) is 1. The van der Waals surface area contributed by atoms with Gasteiger partial charge in [-0.05, 0) is 123 Å². The molecule has 0 aliphatic heterocycles. The molecule has 4 nitrogen and oxygen atoms in total. The lowest BCUT2D eigenvalue weighted by molar-refractivity contribution is -0.133. The van der Waals surface area contributed by atoms with Crippen LogP contribution in [0.4, 0.5) is 0 Å². The van der Waals surface area contributed by atoms with E-state index in [4.69, 9.17) is 0 Å². The van der Waals surface area contributed by atoms with Gasteiger partial charge in [0.1, 0.15) is 0 Å². The van der Waals surface area contributed by atoms with E-state index >= 15 is 0 Å². The van der Waals surface area contributed by atoms with Gasteiger partial charge in [0.05, 0.1) is 0 Å². The highest BCUT2D eigenvalue weighted by Crippen LogP contribution is 2.66. The number of nitrogens with one attached hydrogen (secondary N) is 1. The molecule has 0 unspecified atom stereocenters. The third kappa shape index (κ3) is 2.86. The highest BCUT2D eigenvalue weighted by molar-refractivity contribution is 5.87. The fraction of sp³-hybridized carbons (Fsp3) is 0.786. The Morgan fingerprint density at radius 2 is 1.78 bits per heavy atom. The summed E-state index contributed by atoms with van der Waals surface area (Å²) in [6, 6.07) is 0. The van der Waals surface area contributed by atoms with Crippen molar-refractivity contribution in [2.24, 2.45) is 40.4 Å². The third-order valence-corrected chi connectivity index (χ3v) is 11.5. The Morgan fingerprint density at radius 3 is 2.47 bits per heavy atom. The van der Waals surface area contributed by atoms with E-state index in [9.17, 15) is 14.7 Å². The minimum Gasteiger partial charge on any atom is -0.478 e. The molecule has 0 aromatic carbocycles. The van der Waals surface area contributed by atoms with Crippen molar-refractivity contribution >= 4 is 11.9 Å². The van der Waals surface area contributed by atoms with Gasteiger partial charge in [0, 0.05) is 17.0 Å². The van der Waals surface area contributed by atoms with Crippen molar-refractivity contribution in [1.29, 1.82) is 0 Å². The summed E-state index contributed by atoms with van der Waals surface area (Å²) in [5, 5.41) is 13.1. The molecule has 4 fully saturated rings. The van der Waals surface area contributed by atoms with E-state index in [1.165, 1.54) is 50.5 Å². The van der Waals surface area contributed by atoms with Gasteiger partial charge in [-0.2, -0.15) is 0 Å². The molecular weight excluding hydrogens is 398 g/mol. The summed E-state index contributed by atoms with van der Waals surface area (Å²) in [6.07, 6.45) is 17.8. The van der Waals surface area contributed by atoms with Gasteiger partial charge < -0.3 is 10.4 Å². The summed E-state index contributed by atoms with van der Waals surface area (Å²) in [5.74, 6) is 2.51. The van der Waals surface area contributed by atoms with Crippen LogP contribution in [-0.2, 0) is 9.59 Å². The van der Waals surface area contributed by atoms with E-state index in [1.807, 2.05) is 6.08 Å². The number of rotatable bonds is 3. The monoisotopic (exact) mass is 437 g/mol. The van der Waals surface area contributed by atoms with Gasteiger partial charge in [0.2, 0.25) is 5.91 Å². The molecular formula is C28H39NO3. The number of carbonyl (C=O) groups is 2. The van der Waals surface area contributed by atoms with Gasteiger partial charge in [-0.15, -0.1) is 0 Å². The molecule has 0 spiro atoms. The van der Waals surface area contributed by atoms with E-state index in [2.05, 4.69) is 25.2 Å². The van der Waals surface area contributed by atoms with Gasteiger partial charge in [-0.3, -0.25) is 4.79 Å². The van der Waals surface area contributed by atoms with Crippen molar-refractivity contribution in [2.45, 2.75) is 96.4 Å². The molecule has 2 N–H and O–H groups in total. The maximum atomic E-state index is 13.6. The summed E-state index contributed by atoms with van der Waals surface area (Å²) in [4.78, 5) is 25.2. The summed E-state index contributed by atoms with van der Waals surface area (Å²) in [5.41, 5.74) is 2.20. The Morgan fingerprint density at radius 1 is 1.00 bits per heavy atom. The lowest BCUT2D eigenvalue weighted by Crippen LogP contribution is -2.53. The second kappa shape index (κ2) is 6.96. The van der Waals surface area contributed by atoms with Crippen LogP contribution in [0.15, 0.2) is 23.3 Å².